The van der Waals surface area contributed by atoms with Gasteiger partial charge in [0.15, 0.2) is 11.5 Å². The minimum Gasteiger partial charge on any atom is -0.478 e. The van der Waals surface area contributed by atoms with Gasteiger partial charge >= 0.3 is 5.97 Å². The maximum absolute atomic E-state index is 14.6. The van der Waals surface area contributed by atoms with Crippen molar-refractivity contribution < 1.29 is 18.7 Å². The molecule has 2 heterocycles. The van der Waals surface area contributed by atoms with Gasteiger partial charge in [-0.3, -0.25) is 4.40 Å². The van der Waals surface area contributed by atoms with Crippen LogP contribution in [0.4, 0.5) is 8.78 Å². The van der Waals surface area contributed by atoms with Crippen molar-refractivity contribution >= 4 is 11.6 Å². The first-order valence-corrected chi connectivity index (χ1v) is 8.59. The maximum atomic E-state index is 14.6. The molecule has 2 aromatic heterocycles. The molecule has 0 aliphatic heterocycles. The number of benzene rings is 2. The van der Waals surface area contributed by atoms with Gasteiger partial charge in [0.05, 0.1) is 11.6 Å². The molecule has 0 saturated carbocycles. The Kier molecular flexibility index (Phi) is 4.46. The second-order valence-electron chi connectivity index (χ2n) is 6.34. The molecule has 144 valence electrons. The molecular formula is C22H10F2N4O2. The zero-order valence-corrected chi connectivity index (χ0v) is 15.1. The summed E-state index contributed by atoms with van der Waals surface area (Å²) < 4.78 is 30.0. The van der Waals surface area contributed by atoms with E-state index in [2.05, 4.69) is 4.98 Å². The van der Waals surface area contributed by atoms with E-state index in [9.17, 15) is 18.8 Å². The van der Waals surface area contributed by atoms with Crippen molar-refractivity contribution in [3.63, 3.8) is 0 Å². The van der Waals surface area contributed by atoms with Crippen LogP contribution in [0.3, 0.4) is 0 Å². The molecule has 0 aliphatic carbocycles. The highest BCUT2D eigenvalue weighted by Crippen LogP contribution is 2.35. The van der Waals surface area contributed by atoms with E-state index < -0.39 is 23.2 Å². The number of aromatic carboxylic acids is 1. The van der Waals surface area contributed by atoms with Crippen molar-refractivity contribution in [1.29, 1.82) is 10.5 Å². The molecule has 0 aliphatic rings. The first-order chi connectivity index (χ1) is 14.4. The number of hydrogen-bond acceptors (Lipinski definition) is 4. The number of carboxylic acids is 1. The third-order valence-corrected chi connectivity index (χ3v) is 4.62. The van der Waals surface area contributed by atoms with Crippen molar-refractivity contribution in [2.75, 3.05) is 0 Å². The predicted octanol–water partition coefficient (Wildman–Crippen LogP) is 4.39. The van der Waals surface area contributed by atoms with Crippen LogP contribution in [0.1, 0.15) is 21.6 Å². The van der Waals surface area contributed by atoms with E-state index in [4.69, 9.17) is 10.4 Å². The summed E-state index contributed by atoms with van der Waals surface area (Å²) in [4.78, 5) is 15.5. The van der Waals surface area contributed by atoms with Crippen molar-refractivity contribution in [1.82, 2.24) is 9.38 Å². The number of hydrogen-bond donors (Lipinski definition) is 1. The second-order valence-corrected chi connectivity index (χ2v) is 6.34. The summed E-state index contributed by atoms with van der Waals surface area (Å²) in [5.74, 6) is -3.09. The molecular weight excluding hydrogens is 390 g/mol. The Bertz CT molecular complexity index is 1430. The number of halogens is 2. The zero-order valence-electron chi connectivity index (χ0n) is 15.1. The maximum Gasteiger partial charge on any atom is 0.338 e. The van der Waals surface area contributed by atoms with Gasteiger partial charge in [-0.1, -0.05) is 30.3 Å². The smallest absolute Gasteiger partial charge is 0.338 e. The normalized spacial score (nSPS) is 10.5. The van der Waals surface area contributed by atoms with Gasteiger partial charge in [-0.2, -0.15) is 10.5 Å². The molecule has 0 unspecified atom stereocenters. The summed E-state index contributed by atoms with van der Waals surface area (Å²) >= 11 is 0. The van der Waals surface area contributed by atoms with Crippen molar-refractivity contribution in [2.45, 2.75) is 0 Å². The molecule has 6 nitrogen and oxygen atoms in total. The van der Waals surface area contributed by atoms with Crippen LogP contribution in [0.5, 0.6) is 0 Å². The fourth-order valence-corrected chi connectivity index (χ4v) is 3.25. The van der Waals surface area contributed by atoms with Crippen LogP contribution in [-0.2, 0) is 0 Å². The minimum absolute atomic E-state index is 0.0256. The molecule has 0 amide bonds. The van der Waals surface area contributed by atoms with Crippen molar-refractivity contribution in [2.24, 2.45) is 0 Å². The molecule has 2 aromatic carbocycles. The molecule has 0 saturated heterocycles. The lowest BCUT2D eigenvalue weighted by atomic mass is 9.96. The molecule has 0 radical (unpaired) electrons. The van der Waals surface area contributed by atoms with Gasteiger partial charge in [-0.15, -0.1) is 0 Å². The molecule has 0 fully saturated rings. The van der Waals surface area contributed by atoms with Crippen LogP contribution in [0, 0.1) is 34.3 Å². The number of carbonyl (C=O) groups is 1. The number of rotatable bonds is 3. The highest BCUT2D eigenvalue weighted by molar-refractivity contribution is 5.90. The highest BCUT2D eigenvalue weighted by Gasteiger charge is 2.21. The summed E-state index contributed by atoms with van der Waals surface area (Å²) in [5, 5.41) is 27.7. The number of nitriles is 2. The van der Waals surface area contributed by atoms with E-state index in [-0.39, 0.29) is 28.2 Å². The molecule has 0 spiro atoms. The SMILES string of the molecule is N#Cc1ccc(-c2ccccc2-c2nc3cc(C(=O)O)c(F)cn3c2C#N)c(F)c1. The van der Waals surface area contributed by atoms with Crippen LogP contribution in [-0.4, -0.2) is 20.5 Å². The van der Waals surface area contributed by atoms with E-state index in [1.165, 1.54) is 12.1 Å². The summed E-state index contributed by atoms with van der Waals surface area (Å²) in [6, 6.07) is 15.5. The lowest BCUT2D eigenvalue weighted by Gasteiger charge is -2.09. The van der Waals surface area contributed by atoms with Gasteiger partial charge in [-0.05, 0) is 23.8 Å². The summed E-state index contributed by atoms with van der Waals surface area (Å²) in [5.41, 5.74) is 0.794. The zero-order chi connectivity index (χ0) is 21.4. The molecule has 8 heteroatoms. The molecule has 4 aromatic rings. The number of imidazole rings is 1. The average Bonchev–Trinajstić information content (AvgIpc) is 3.10. The van der Waals surface area contributed by atoms with Crippen LogP contribution in [0.25, 0.3) is 28.0 Å². The Hall–Kier alpha value is -4.56. The van der Waals surface area contributed by atoms with Crippen LogP contribution >= 0.6 is 0 Å². The molecule has 30 heavy (non-hydrogen) atoms. The third-order valence-electron chi connectivity index (χ3n) is 4.62. The van der Waals surface area contributed by atoms with Gasteiger partial charge in [0, 0.05) is 17.3 Å². The largest absolute Gasteiger partial charge is 0.478 e. The summed E-state index contributed by atoms with van der Waals surface area (Å²) in [7, 11) is 0. The van der Waals surface area contributed by atoms with Crippen molar-refractivity contribution in [3.05, 3.63) is 83.2 Å². The van der Waals surface area contributed by atoms with Crippen LogP contribution < -0.4 is 0 Å². The summed E-state index contributed by atoms with van der Waals surface area (Å²) in [6.07, 6.45) is 0.888. The Labute approximate surface area is 168 Å². The first kappa shape index (κ1) is 18.8. The molecule has 0 atom stereocenters. The third kappa shape index (κ3) is 2.93. The minimum atomic E-state index is -1.46. The van der Waals surface area contributed by atoms with E-state index in [1.54, 1.807) is 24.3 Å². The second kappa shape index (κ2) is 7.12. The highest BCUT2D eigenvalue weighted by atomic mass is 19.1. The van der Waals surface area contributed by atoms with Crippen molar-refractivity contribution in [3.8, 4) is 34.5 Å². The number of nitrogens with zero attached hydrogens (tertiary/aromatic N) is 4. The van der Waals surface area contributed by atoms with Gasteiger partial charge < -0.3 is 5.11 Å². The van der Waals surface area contributed by atoms with E-state index in [0.717, 1.165) is 22.7 Å². The standard InChI is InChI=1S/C22H10F2N4O2/c23-17-7-12(9-25)5-6-14(17)13-3-1-2-4-15(13)21-19(10-26)28-11-18(24)16(22(29)30)8-20(28)27-21/h1-8,11H,(H,29,30). The number of carboxylic acid groups (broad SMARTS) is 1. The van der Waals surface area contributed by atoms with Gasteiger partial charge in [0.1, 0.15) is 28.8 Å². The number of fused-ring (bicyclic) bond motifs is 1. The fraction of sp³-hybridized carbons (Fsp3) is 0. The van der Waals surface area contributed by atoms with Gasteiger partial charge in [-0.25, -0.2) is 18.6 Å². The van der Waals surface area contributed by atoms with Gasteiger partial charge in [0.2, 0.25) is 0 Å². The van der Waals surface area contributed by atoms with E-state index in [0.29, 0.717) is 11.1 Å². The molecule has 1 N–H and O–H groups in total. The lowest BCUT2D eigenvalue weighted by Crippen LogP contribution is -2.03. The monoisotopic (exact) mass is 400 g/mol. The lowest BCUT2D eigenvalue weighted by molar-refractivity contribution is 0.0691. The van der Waals surface area contributed by atoms with Crippen LogP contribution in [0.2, 0.25) is 0 Å². The quantitative estimate of drug-likeness (QED) is 0.550. The van der Waals surface area contributed by atoms with Gasteiger partial charge in [0.25, 0.3) is 0 Å². The average molecular weight is 400 g/mol. The first-order valence-electron chi connectivity index (χ1n) is 8.59. The fourth-order valence-electron chi connectivity index (χ4n) is 3.25. The Morgan fingerprint density at radius 2 is 1.70 bits per heavy atom. The van der Waals surface area contributed by atoms with E-state index in [1.807, 2.05) is 12.1 Å². The van der Waals surface area contributed by atoms with E-state index >= 15 is 0 Å². The molecule has 0 bridgehead atoms. The van der Waals surface area contributed by atoms with Crippen LogP contribution in [0.15, 0.2) is 54.7 Å². The number of pyridine rings is 1. The molecule has 4 rings (SSSR count). The Morgan fingerprint density at radius 1 is 0.967 bits per heavy atom. The topological polar surface area (TPSA) is 102 Å². The Balaban J connectivity index is 2.00. The number of aromatic nitrogens is 2. The predicted molar refractivity (Wildman–Crippen MR) is 102 cm³/mol. The summed E-state index contributed by atoms with van der Waals surface area (Å²) in [6.45, 7) is 0. The Morgan fingerprint density at radius 3 is 2.33 bits per heavy atom.